The molecule has 2 heterocycles. The third kappa shape index (κ3) is 3.62. The van der Waals surface area contributed by atoms with Gasteiger partial charge in [-0.05, 0) is 49.5 Å². The molecule has 142 valence electrons. The lowest BCUT2D eigenvalue weighted by Gasteiger charge is -2.33. The molecular formula is C19H23N5O2S. The average Bonchev–Trinajstić information content (AvgIpc) is 3.11. The summed E-state index contributed by atoms with van der Waals surface area (Å²) < 4.78 is 7.25. The smallest absolute Gasteiger partial charge is 0.252 e. The summed E-state index contributed by atoms with van der Waals surface area (Å²) in [4.78, 5) is 12.7. The van der Waals surface area contributed by atoms with Crippen LogP contribution in [0.15, 0.2) is 23.0 Å². The van der Waals surface area contributed by atoms with Crippen LogP contribution in [-0.2, 0) is 10.3 Å². The van der Waals surface area contributed by atoms with Crippen LogP contribution in [0.3, 0.4) is 0 Å². The van der Waals surface area contributed by atoms with Crippen molar-refractivity contribution in [2.45, 2.75) is 56.2 Å². The first kappa shape index (κ1) is 18.1. The highest BCUT2D eigenvalue weighted by Gasteiger charge is 2.47. The van der Waals surface area contributed by atoms with Gasteiger partial charge in [-0.25, -0.2) is 4.68 Å². The molecule has 2 aliphatic rings. The highest BCUT2D eigenvalue weighted by atomic mass is 32.1. The van der Waals surface area contributed by atoms with Crippen LogP contribution < -0.4 is 5.32 Å². The maximum absolute atomic E-state index is 12.7. The van der Waals surface area contributed by atoms with E-state index in [4.69, 9.17) is 4.74 Å². The minimum absolute atomic E-state index is 0.100. The molecule has 0 bridgehead atoms. The summed E-state index contributed by atoms with van der Waals surface area (Å²) in [5.41, 5.74) is 0.837. The molecule has 3 atom stereocenters. The number of carbonyl (C=O) groups is 1. The molecule has 8 heteroatoms. The van der Waals surface area contributed by atoms with Gasteiger partial charge in [0.2, 0.25) is 0 Å². The lowest BCUT2D eigenvalue weighted by atomic mass is 9.81. The number of carbonyl (C=O) groups excluding carboxylic acids is 1. The average molecular weight is 385 g/mol. The Balaban J connectivity index is 1.59. The van der Waals surface area contributed by atoms with Crippen molar-refractivity contribution in [3.8, 4) is 6.07 Å². The van der Waals surface area contributed by atoms with E-state index in [2.05, 4.69) is 21.7 Å². The molecule has 1 amide bonds. The van der Waals surface area contributed by atoms with Gasteiger partial charge in [0.25, 0.3) is 5.91 Å². The van der Waals surface area contributed by atoms with Crippen molar-refractivity contribution >= 4 is 17.2 Å². The number of nitrogens with zero attached hydrogens (tertiary/aromatic N) is 4. The van der Waals surface area contributed by atoms with E-state index in [-0.39, 0.29) is 24.0 Å². The molecule has 3 unspecified atom stereocenters. The van der Waals surface area contributed by atoms with E-state index in [1.54, 1.807) is 11.8 Å². The van der Waals surface area contributed by atoms with E-state index in [1.165, 1.54) is 11.3 Å². The zero-order valence-electron chi connectivity index (χ0n) is 15.3. The lowest BCUT2D eigenvalue weighted by Crippen LogP contribution is -2.37. The van der Waals surface area contributed by atoms with Crippen LogP contribution in [0.1, 0.15) is 60.6 Å². The zero-order chi connectivity index (χ0) is 18.9. The van der Waals surface area contributed by atoms with Crippen LogP contribution in [0, 0.1) is 17.2 Å². The molecule has 0 spiro atoms. The summed E-state index contributed by atoms with van der Waals surface area (Å²) in [5, 5.41) is 24.9. The van der Waals surface area contributed by atoms with Crippen LogP contribution in [0.25, 0.3) is 0 Å². The van der Waals surface area contributed by atoms with E-state index in [9.17, 15) is 10.1 Å². The highest BCUT2D eigenvalue weighted by Crippen LogP contribution is 2.43. The van der Waals surface area contributed by atoms with Crippen LogP contribution in [0.2, 0.25) is 0 Å². The summed E-state index contributed by atoms with van der Waals surface area (Å²) in [5.74, 6) is 0.130. The summed E-state index contributed by atoms with van der Waals surface area (Å²) in [6.45, 7) is 0. The lowest BCUT2D eigenvalue weighted by molar-refractivity contribution is 0.0405. The largest absolute Gasteiger partial charge is 0.381 e. The fraction of sp³-hybridized carbons (Fsp3) is 0.579. The van der Waals surface area contributed by atoms with E-state index < -0.39 is 5.54 Å². The number of nitriles is 1. The molecule has 27 heavy (non-hydrogen) atoms. The standard InChI is InChI=1S/C19H23N5O2S/c1-26-15-4-2-3-13(9-15)17(21-18(25)14-5-8-27-11-14)16-10-24(23-22-16)19(12-20)6-7-19/h5,8,10-11,13,15,17H,2-4,6-7,9H2,1H3,(H,21,25). The SMILES string of the molecule is COC1CCCC(C(NC(=O)c2ccsc2)c2cn(C3(C#N)CC3)nn2)C1. The molecule has 2 fully saturated rings. The number of nitrogens with one attached hydrogen (secondary N) is 1. The first-order valence-corrected chi connectivity index (χ1v) is 10.3. The second-order valence-electron chi connectivity index (χ2n) is 7.48. The topological polar surface area (TPSA) is 92.8 Å². The Bertz CT molecular complexity index is 837. The summed E-state index contributed by atoms with van der Waals surface area (Å²) in [6.07, 6.45) is 7.62. The number of amides is 1. The Hall–Kier alpha value is -2.24. The second-order valence-corrected chi connectivity index (χ2v) is 8.26. The molecule has 2 aliphatic carbocycles. The minimum Gasteiger partial charge on any atom is -0.381 e. The predicted molar refractivity (Wildman–Crippen MR) is 100 cm³/mol. The van der Waals surface area contributed by atoms with Crippen LogP contribution in [-0.4, -0.2) is 34.1 Å². The number of aromatic nitrogens is 3. The number of hydrogen-bond donors (Lipinski definition) is 1. The molecule has 0 saturated heterocycles. The Morgan fingerprint density at radius 3 is 3.04 bits per heavy atom. The Kier molecular flexibility index (Phi) is 4.98. The van der Waals surface area contributed by atoms with E-state index in [0.717, 1.165) is 44.2 Å². The molecule has 1 N–H and O–H groups in total. The minimum atomic E-state index is -0.547. The van der Waals surface area contributed by atoms with Gasteiger partial charge in [0.1, 0.15) is 5.69 Å². The summed E-state index contributed by atoms with van der Waals surface area (Å²) >= 11 is 1.50. The van der Waals surface area contributed by atoms with Crippen molar-refractivity contribution in [2.24, 2.45) is 5.92 Å². The molecule has 0 aliphatic heterocycles. The number of hydrogen-bond acceptors (Lipinski definition) is 6. The van der Waals surface area contributed by atoms with Crippen LogP contribution in [0.5, 0.6) is 0 Å². The molecule has 2 aromatic heterocycles. The number of methoxy groups -OCH3 is 1. The first-order valence-electron chi connectivity index (χ1n) is 9.35. The van der Waals surface area contributed by atoms with Crippen molar-refractivity contribution in [2.75, 3.05) is 7.11 Å². The fourth-order valence-electron chi connectivity index (χ4n) is 3.89. The molecule has 2 aromatic rings. The van der Waals surface area contributed by atoms with Crippen LogP contribution >= 0.6 is 11.3 Å². The van der Waals surface area contributed by atoms with E-state index >= 15 is 0 Å². The van der Waals surface area contributed by atoms with Gasteiger partial charge in [-0.1, -0.05) is 11.6 Å². The Morgan fingerprint density at radius 2 is 2.37 bits per heavy atom. The van der Waals surface area contributed by atoms with Crippen molar-refractivity contribution in [1.82, 2.24) is 20.3 Å². The third-order valence-corrected chi connectivity index (χ3v) is 6.42. The summed E-state index contributed by atoms with van der Waals surface area (Å²) in [6, 6.07) is 3.92. The van der Waals surface area contributed by atoms with Gasteiger partial charge in [0, 0.05) is 12.5 Å². The number of rotatable bonds is 6. The predicted octanol–water partition coefficient (Wildman–Crippen LogP) is 3.03. The Morgan fingerprint density at radius 1 is 1.52 bits per heavy atom. The number of ether oxygens (including phenoxy) is 1. The fourth-order valence-corrected chi connectivity index (χ4v) is 4.52. The maximum Gasteiger partial charge on any atom is 0.252 e. The van der Waals surface area contributed by atoms with Crippen molar-refractivity contribution in [3.05, 3.63) is 34.3 Å². The molecular weight excluding hydrogens is 362 g/mol. The van der Waals surface area contributed by atoms with Gasteiger partial charge in [-0.2, -0.15) is 16.6 Å². The molecule has 0 radical (unpaired) electrons. The van der Waals surface area contributed by atoms with Crippen LogP contribution in [0.4, 0.5) is 0 Å². The monoisotopic (exact) mass is 385 g/mol. The van der Waals surface area contributed by atoms with Gasteiger partial charge >= 0.3 is 0 Å². The van der Waals surface area contributed by atoms with Gasteiger partial charge in [-0.15, -0.1) is 5.10 Å². The third-order valence-electron chi connectivity index (χ3n) is 5.74. The molecule has 0 aromatic carbocycles. The molecule has 2 saturated carbocycles. The second kappa shape index (κ2) is 7.41. The number of thiophene rings is 1. The maximum atomic E-state index is 12.7. The highest BCUT2D eigenvalue weighted by molar-refractivity contribution is 7.08. The van der Waals surface area contributed by atoms with Gasteiger partial charge in [0.05, 0.1) is 30.0 Å². The van der Waals surface area contributed by atoms with Gasteiger partial charge < -0.3 is 10.1 Å². The summed E-state index contributed by atoms with van der Waals surface area (Å²) in [7, 11) is 1.74. The molecule has 4 rings (SSSR count). The normalized spacial score (nSPS) is 24.7. The van der Waals surface area contributed by atoms with Crippen molar-refractivity contribution in [3.63, 3.8) is 0 Å². The molecule has 7 nitrogen and oxygen atoms in total. The van der Waals surface area contributed by atoms with E-state index in [0.29, 0.717) is 5.56 Å². The first-order chi connectivity index (χ1) is 13.1. The van der Waals surface area contributed by atoms with Gasteiger partial charge in [0.15, 0.2) is 5.54 Å². The van der Waals surface area contributed by atoms with Gasteiger partial charge in [-0.3, -0.25) is 4.79 Å². The Labute approximate surface area is 162 Å². The zero-order valence-corrected chi connectivity index (χ0v) is 16.1. The van der Waals surface area contributed by atoms with Crippen molar-refractivity contribution < 1.29 is 9.53 Å². The quantitative estimate of drug-likeness (QED) is 0.825. The van der Waals surface area contributed by atoms with E-state index in [1.807, 2.05) is 23.0 Å². The van der Waals surface area contributed by atoms with Crippen molar-refractivity contribution in [1.29, 1.82) is 5.26 Å².